The quantitative estimate of drug-likeness (QED) is 0.510. The van der Waals surface area contributed by atoms with Gasteiger partial charge in [-0.15, -0.1) is 0 Å². The highest BCUT2D eigenvalue weighted by atomic mass is 16.6. The van der Waals surface area contributed by atoms with Gasteiger partial charge in [0, 0.05) is 25.7 Å². The molecule has 0 spiro atoms. The molecule has 1 heterocycles. The summed E-state index contributed by atoms with van der Waals surface area (Å²) < 4.78 is 0. The lowest BCUT2D eigenvalue weighted by atomic mass is 10.1. The Morgan fingerprint density at radius 3 is 2.57 bits per heavy atom. The molecule has 0 aliphatic heterocycles. The number of nitro groups is 1. The highest BCUT2D eigenvalue weighted by molar-refractivity contribution is 5.62. The number of hydrogen-bond donors (Lipinski definition) is 1. The molecule has 0 saturated heterocycles. The summed E-state index contributed by atoms with van der Waals surface area (Å²) in [4.78, 5) is 17.4. The number of pyridine rings is 1. The highest BCUT2D eigenvalue weighted by Gasteiger charge is 2.25. The maximum atomic E-state index is 11.3. The Labute approximate surface area is 125 Å². The van der Waals surface area contributed by atoms with Gasteiger partial charge in [0.1, 0.15) is 5.82 Å². The maximum Gasteiger partial charge on any atom is 0.311 e. The monoisotopic (exact) mass is 292 g/mol. The van der Waals surface area contributed by atoms with Gasteiger partial charge in [-0.2, -0.15) is 0 Å². The molecule has 1 aliphatic rings. The van der Waals surface area contributed by atoms with Gasteiger partial charge in [0.25, 0.3) is 0 Å². The number of nitrogens with zero attached hydrogens (tertiary/aromatic N) is 3. The van der Waals surface area contributed by atoms with E-state index in [1.807, 2.05) is 18.9 Å². The van der Waals surface area contributed by atoms with E-state index in [2.05, 4.69) is 10.3 Å². The van der Waals surface area contributed by atoms with Gasteiger partial charge in [-0.1, -0.05) is 25.7 Å². The molecule has 1 aromatic heterocycles. The van der Waals surface area contributed by atoms with Crippen molar-refractivity contribution in [2.75, 3.05) is 23.8 Å². The molecule has 2 rings (SSSR count). The molecule has 0 unspecified atom stereocenters. The summed E-state index contributed by atoms with van der Waals surface area (Å²) in [6.45, 7) is 2.73. The molecule has 0 aromatic carbocycles. The number of anilines is 2. The molecule has 1 fully saturated rings. The van der Waals surface area contributed by atoms with Crippen LogP contribution in [0.5, 0.6) is 0 Å². The zero-order valence-corrected chi connectivity index (χ0v) is 12.8. The molecule has 6 nitrogen and oxygen atoms in total. The molecule has 6 heteroatoms. The van der Waals surface area contributed by atoms with Gasteiger partial charge in [-0.3, -0.25) is 10.1 Å². The zero-order chi connectivity index (χ0) is 15.2. The van der Waals surface area contributed by atoms with Crippen LogP contribution >= 0.6 is 0 Å². The molecule has 116 valence electrons. The first kappa shape index (κ1) is 15.5. The largest absolute Gasteiger partial charge is 0.370 e. The van der Waals surface area contributed by atoms with Gasteiger partial charge in [0.2, 0.25) is 5.82 Å². The third kappa shape index (κ3) is 3.83. The SMILES string of the molecule is CCNc1ccc([N+](=O)[O-])c(N(C)C2CCCCCC2)n1. The summed E-state index contributed by atoms with van der Waals surface area (Å²) in [5.41, 5.74) is 0.0865. The predicted molar refractivity (Wildman–Crippen MR) is 84.9 cm³/mol. The van der Waals surface area contributed by atoms with Gasteiger partial charge < -0.3 is 10.2 Å². The molecule has 21 heavy (non-hydrogen) atoms. The topological polar surface area (TPSA) is 71.3 Å². The third-order valence-electron chi connectivity index (χ3n) is 4.12. The Morgan fingerprint density at radius 1 is 1.33 bits per heavy atom. The van der Waals surface area contributed by atoms with Crippen LogP contribution in [0.2, 0.25) is 0 Å². The van der Waals surface area contributed by atoms with Crippen LogP contribution in [0.1, 0.15) is 45.4 Å². The normalized spacial score (nSPS) is 16.3. The van der Waals surface area contributed by atoms with E-state index in [9.17, 15) is 10.1 Å². The molecule has 0 bridgehead atoms. The summed E-state index contributed by atoms with van der Waals surface area (Å²) in [6, 6.07) is 3.56. The molecular formula is C15H24N4O2. The van der Waals surface area contributed by atoms with Gasteiger partial charge in [0.05, 0.1) is 4.92 Å². The smallest absolute Gasteiger partial charge is 0.311 e. The van der Waals surface area contributed by atoms with Crippen LogP contribution in [0.25, 0.3) is 0 Å². The number of hydrogen-bond acceptors (Lipinski definition) is 5. The number of rotatable bonds is 5. The van der Waals surface area contributed by atoms with Crippen LogP contribution in [-0.4, -0.2) is 29.5 Å². The van der Waals surface area contributed by atoms with E-state index in [-0.39, 0.29) is 10.6 Å². The van der Waals surface area contributed by atoms with Crippen molar-refractivity contribution in [2.45, 2.75) is 51.5 Å². The van der Waals surface area contributed by atoms with Crippen LogP contribution in [0.3, 0.4) is 0 Å². The highest BCUT2D eigenvalue weighted by Crippen LogP contribution is 2.31. The predicted octanol–water partition coefficient (Wildman–Crippen LogP) is 3.58. The van der Waals surface area contributed by atoms with Crippen LogP contribution in [0, 0.1) is 10.1 Å². The molecule has 1 N–H and O–H groups in total. The zero-order valence-electron chi connectivity index (χ0n) is 12.8. The summed E-state index contributed by atoms with van der Waals surface area (Å²) in [5.74, 6) is 1.17. The van der Waals surface area contributed by atoms with E-state index in [4.69, 9.17) is 0 Å². The van der Waals surface area contributed by atoms with Crippen molar-refractivity contribution in [1.82, 2.24) is 4.98 Å². The lowest BCUT2D eigenvalue weighted by Crippen LogP contribution is -2.32. The second-order valence-corrected chi connectivity index (χ2v) is 5.58. The van der Waals surface area contributed by atoms with E-state index in [1.54, 1.807) is 12.1 Å². The van der Waals surface area contributed by atoms with Crippen LogP contribution in [0.4, 0.5) is 17.3 Å². The summed E-state index contributed by atoms with van der Waals surface area (Å²) in [5, 5.41) is 14.4. The number of aromatic nitrogens is 1. The van der Waals surface area contributed by atoms with Crippen LogP contribution in [0.15, 0.2) is 12.1 Å². The Hall–Kier alpha value is -1.85. The molecule has 1 saturated carbocycles. The third-order valence-corrected chi connectivity index (χ3v) is 4.12. The van der Waals surface area contributed by atoms with E-state index in [0.29, 0.717) is 17.7 Å². The minimum absolute atomic E-state index is 0.0865. The van der Waals surface area contributed by atoms with Gasteiger partial charge >= 0.3 is 5.69 Å². The maximum absolute atomic E-state index is 11.3. The Kier molecular flexibility index (Phi) is 5.36. The average Bonchev–Trinajstić information content (AvgIpc) is 2.75. The van der Waals surface area contributed by atoms with Crippen molar-refractivity contribution in [2.24, 2.45) is 0 Å². The number of nitrogens with one attached hydrogen (secondary N) is 1. The van der Waals surface area contributed by atoms with E-state index in [0.717, 1.165) is 19.4 Å². The van der Waals surface area contributed by atoms with E-state index >= 15 is 0 Å². The van der Waals surface area contributed by atoms with Crippen molar-refractivity contribution < 1.29 is 4.92 Å². The molecule has 1 aliphatic carbocycles. The molecule has 0 radical (unpaired) electrons. The fraction of sp³-hybridized carbons (Fsp3) is 0.667. The van der Waals surface area contributed by atoms with Crippen LogP contribution < -0.4 is 10.2 Å². The second kappa shape index (κ2) is 7.24. The molecule has 1 aromatic rings. The fourth-order valence-corrected chi connectivity index (χ4v) is 2.94. The van der Waals surface area contributed by atoms with E-state index < -0.39 is 0 Å². The minimum Gasteiger partial charge on any atom is -0.370 e. The fourth-order valence-electron chi connectivity index (χ4n) is 2.94. The Bertz CT molecular complexity index is 485. The van der Waals surface area contributed by atoms with Gasteiger partial charge in [-0.05, 0) is 25.8 Å². The molecule has 0 atom stereocenters. The van der Waals surface area contributed by atoms with Crippen molar-refractivity contribution in [3.63, 3.8) is 0 Å². The van der Waals surface area contributed by atoms with E-state index in [1.165, 1.54) is 25.7 Å². The van der Waals surface area contributed by atoms with Crippen molar-refractivity contribution in [3.05, 3.63) is 22.2 Å². The van der Waals surface area contributed by atoms with Gasteiger partial charge in [-0.25, -0.2) is 4.98 Å². The summed E-state index contributed by atoms with van der Waals surface area (Å²) >= 11 is 0. The molecular weight excluding hydrogens is 268 g/mol. The second-order valence-electron chi connectivity index (χ2n) is 5.58. The first-order valence-electron chi connectivity index (χ1n) is 7.75. The van der Waals surface area contributed by atoms with Gasteiger partial charge in [0.15, 0.2) is 0 Å². The molecule has 0 amide bonds. The lowest BCUT2D eigenvalue weighted by Gasteiger charge is -2.28. The summed E-state index contributed by atoms with van der Waals surface area (Å²) in [7, 11) is 1.93. The van der Waals surface area contributed by atoms with Crippen molar-refractivity contribution in [1.29, 1.82) is 0 Å². The van der Waals surface area contributed by atoms with Crippen molar-refractivity contribution >= 4 is 17.3 Å². The summed E-state index contributed by atoms with van der Waals surface area (Å²) in [6.07, 6.45) is 7.07. The Balaban J connectivity index is 2.29. The Morgan fingerprint density at radius 2 is 2.00 bits per heavy atom. The average molecular weight is 292 g/mol. The van der Waals surface area contributed by atoms with Crippen molar-refractivity contribution in [3.8, 4) is 0 Å². The van der Waals surface area contributed by atoms with Crippen LogP contribution in [-0.2, 0) is 0 Å². The first-order chi connectivity index (χ1) is 10.1. The first-order valence-corrected chi connectivity index (χ1v) is 7.75. The standard InChI is InChI=1S/C15H24N4O2/c1-3-16-14-11-10-13(19(20)21)15(17-14)18(2)12-8-6-4-5-7-9-12/h10-12H,3-9H2,1-2H3,(H,16,17). The minimum atomic E-state index is -0.342. The lowest BCUT2D eigenvalue weighted by molar-refractivity contribution is -0.384.